The number of nitrogens with two attached hydrogens (primary N) is 1. The average molecular weight is 276 g/mol. The third kappa shape index (κ3) is 3.02. The lowest BCUT2D eigenvalue weighted by molar-refractivity contribution is 0.244. The molecule has 0 aliphatic carbocycles. The molecule has 0 unspecified atom stereocenters. The van der Waals surface area contributed by atoms with Gasteiger partial charge in [-0.2, -0.15) is 0 Å². The maximum Gasteiger partial charge on any atom is 0.144 e. The van der Waals surface area contributed by atoms with Crippen LogP contribution in [0.4, 0.5) is 11.4 Å². The smallest absolute Gasteiger partial charge is 0.144 e. The van der Waals surface area contributed by atoms with Gasteiger partial charge in [0.15, 0.2) is 0 Å². The second-order valence-corrected chi connectivity index (χ2v) is 6.27. The van der Waals surface area contributed by atoms with E-state index in [4.69, 9.17) is 10.5 Å². The molecule has 0 bridgehead atoms. The minimum Gasteiger partial charge on any atom is -0.489 e. The number of hydrogen-bond acceptors (Lipinski definition) is 3. The minimum absolute atomic E-state index is 0.150. The highest BCUT2D eigenvalue weighted by atomic mass is 16.5. The molecule has 1 aliphatic rings. The van der Waals surface area contributed by atoms with Crippen molar-refractivity contribution in [3.63, 3.8) is 0 Å². The van der Waals surface area contributed by atoms with Crippen LogP contribution in [0.3, 0.4) is 0 Å². The zero-order chi connectivity index (χ0) is 14.8. The monoisotopic (exact) mass is 276 g/mol. The molecule has 1 fully saturated rings. The molecule has 2 N–H and O–H groups in total. The Hall–Kier alpha value is -1.38. The van der Waals surface area contributed by atoms with Gasteiger partial charge in [-0.1, -0.05) is 13.8 Å². The number of nitrogen functional groups attached to an aromatic ring is 1. The number of rotatable bonds is 5. The van der Waals surface area contributed by atoms with Gasteiger partial charge in [-0.15, -0.1) is 0 Å². The molecule has 1 saturated heterocycles. The molecule has 3 nitrogen and oxygen atoms in total. The van der Waals surface area contributed by atoms with E-state index < -0.39 is 0 Å². The summed E-state index contributed by atoms with van der Waals surface area (Å²) in [7, 11) is 0. The van der Waals surface area contributed by atoms with Crippen molar-refractivity contribution in [3.8, 4) is 5.75 Å². The molecule has 2 rings (SSSR count). The Bertz CT molecular complexity index is 452. The molecule has 0 radical (unpaired) electrons. The number of ether oxygens (including phenoxy) is 1. The number of benzene rings is 1. The van der Waals surface area contributed by atoms with E-state index in [1.807, 2.05) is 19.9 Å². The van der Waals surface area contributed by atoms with Gasteiger partial charge in [0, 0.05) is 24.8 Å². The van der Waals surface area contributed by atoms with Crippen molar-refractivity contribution in [1.29, 1.82) is 0 Å². The third-order valence-electron chi connectivity index (χ3n) is 4.66. The van der Waals surface area contributed by atoms with Gasteiger partial charge < -0.3 is 15.4 Å². The molecule has 1 heterocycles. The van der Waals surface area contributed by atoms with Gasteiger partial charge in [-0.25, -0.2) is 0 Å². The lowest BCUT2D eigenvalue weighted by Gasteiger charge is -2.27. The van der Waals surface area contributed by atoms with Gasteiger partial charge in [0.2, 0.25) is 0 Å². The Morgan fingerprint density at radius 1 is 1.30 bits per heavy atom. The molecule has 0 aromatic heterocycles. The molecule has 1 aromatic carbocycles. The van der Waals surface area contributed by atoms with E-state index in [2.05, 4.69) is 30.9 Å². The fourth-order valence-corrected chi connectivity index (χ4v) is 3.06. The summed E-state index contributed by atoms with van der Waals surface area (Å²) in [6.45, 7) is 11.0. The Morgan fingerprint density at radius 3 is 2.55 bits per heavy atom. The van der Waals surface area contributed by atoms with Gasteiger partial charge >= 0.3 is 0 Å². The van der Waals surface area contributed by atoms with Crippen LogP contribution in [0.25, 0.3) is 0 Å². The van der Waals surface area contributed by atoms with E-state index in [1.54, 1.807) is 0 Å². The lowest BCUT2D eigenvalue weighted by Crippen LogP contribution is -2.26. The van der Waals surface area contributed by atoms with Gasteiger partial charge in [0.05, 0.1) is 11.8 Å². The SMILES string of the molecule is CCC1(CC)CCN(c2ccc(N)c(OC(C)C)c2)C1. The zero-order valence-electron chi connectivity index (χ0n) is 13.3. The maximum atomic E-state index is 6.00. The van der Waals surface area contributed by atoms with Crippen molar-refractivity contribution < 1.29 is 4.74 Å². The first-order valence-corrected chi connectivity index (χ1v) is 7.81. The van der Waals surface area contributed by atoms with Crippen LogP contribution in [0.1, 0.15) is 47.0 Å². The van der Waals surface area contributed by atoms with E-state index in [1.165, 1.54) is 24.9 Å². The van der Waals surface area contributed by atoms with Crippen molar-refractivity contribution in [2.24, 2.45) is 5.41 Å². The van der Waals surface area contributed by atoms with Gasteiger partial charge in [-0.05, 0) is 50.7 Å². The molecule has 0 amide bonds. The first-order valence-electron chi connectivity index (χ1n) is 7.81. The topological polar surface area (TPSA) is 38.5 Å². The molecule has 20 heavy (non-hydrogen) atoms. The normalized spacial score (nSPS) is 17.8. The van der Waals surface area contributed by atoms with Crippen LogP contribution in [0.15, 0.2) is 18.2 Å². The highest BCUT2D eigenvalue weighted by Gasteiger charge is 2.35. The zero-order valence-corrected chi connectivity index (χ0v) is 13.3. The van der Waals surface area contributed by atoms with Gasteiger partial charge in [-0.3, -0.25) is 0 Å². The van der Waals surface area contributed by atoms with Gasteiger partial charge in [0.1, 0.15) is 5.75 Å². The lowest BCUT2D eigenvalue weighted by atomic mass is 9.82. The van der Waals surface area contributed by atoms with Crippen LogP contribution < -0.4 is 15.4 Å². The van der Waals surface area contributed by atoms with E-state index in [0.717, 1.165) is 24.5 Å². The fourth-order valence-electron chi connectivity index (χ4n) is 3.06. The second kappa shape index (κ2) is 5.94. The van der Waals surface area contributed by atoms with E-state index in [0.29, 0.717) is 5.41 Å². The first kappa shape index (κ1) is 15.0. The molecule has 112 valence electrons. The Morgan fingerprint density at radius 2 is 2.00 bits per heavy atom. The number of hydrogen-bond donors (Lipinski definition) is 1. The van der Waals surface area contributed by atoms with Crippen LogP contribution in [0, 0.1) is 5.41 Å². The molecule has 3 heteroatoms. The predicted octanol–water partition coefficient (Wildman–Crippen LogP) is 4.07. The molecule has 1 aliphatic heterocycles. The first-order chi connectivity index (χ1) is 9.49. The molecular formula is C17H28N2O. The third-order valence-corrected chi connectivity index (χ3v) is 4.66. The number of anilines is 2. The van der Waals surface area contributed by atoms with Crippen LogP contribution in [0.5, 0.6) is 5.75 Å². The van der Waals surface area contributed by atoms with Crippen molar-refractivity contribution in [1.82, 2.24) is 0 Å². The Balaban J connectivity index is 2.18. The number of nitrogens with zero attached hydrogens (tertiary/aromatic N) is 1. The van der Waals surface area contributed by atoms with Crippen LogP contribution in [-0.2, 0) is 0 Å². The molecule has 1 aromatic rings. The summed E-state index contributed by atoms with van der Waals surface area (Å²) in [5, 5.41) is 0. The van der Waals surface area contributed by atoms with Crippen molar-refractivity contribution in [2.75, 3.05) is 23.7 Å². The van der Waals surface area contributed by atoms with Gasteiger partial charge in [0.25, 0.3) is 0 Å². The standard InChI is InChI=1S/C17H28N2O/c1-5-17(6-2)9-10-19(12-17)14-7-8-15(18)16(11-14)20-13(3)4/h7-8,11,13H,5-6,9-10,12,18H2,1-4H3. The quantitative estimate of drug-likeness (QED) is 0.824. The van der Waals surface area contributed by atoms with Crippen LogP contribution in [-0.4, -0.2) is 19.2 Å². The van der Waals surface area contributed by atoms with Crippen LogP contribution in [0.2, 0.25) is 0 Å². The van der Waals surface area contributed by atoms with E-state index >= 15 is 0 Å². The summed E-state index contributed by atoms with van der Waals surface area (Å²) in [6, 6.07) is 6.17. The highest BCUT2D eigenvalue weighted by Crippen LogP contribution is 2.40. The Kier molecular flexibility index (Phi) is 4.46. The van der Waals surface area contributed by atoms with Crippen LogP contribution >= 0.6 is 0 Å². The minimum atomic E-state index is 0.150. The van der Waals surface area contributed by atoms with Crippen molar-refractivity contribution in [3.05, 3.63) is 18.2 Å². The highest BCUT2D eigenvalue weighted by molar-refractivity contribution is 5.62. The van der Waals surface area contributed by atoms with Crippen molar-refractivity contribution in [2.45, 2.75) is 53.1 Å². The Labute approximate surface area is 123 Å². The summed E-state index contributed by atoms with van der Waals surface area (Å²) in [5.41, 5.74) is 8.44. The molecule has 0 spiro atoms. The predicted molar refractivity (Wildman–Crippen MR) is 86.5 cm³/mol. The summed E-state index contributed by atoms with van der Waals surface area (Å²) in [4.78, 5) is 2.47. The fraction of sp³-hybridized carbons (Fsp3) is 0.647. The summed E-state index contributed by atoms with van der Waals surface area (Å²) >= 11 is 0. The largest absolute Gasteiger partial charge is 0.489 e. The van der Waals surface area contributed by atoms with E-state index in [9.17, 15) is 0 Å². The average Bonchev–Trinajstić information content (AvgIpc) is 2.86. The van der Waals surface area contributed by atoms with E-state index in [-0.39, 0.29) is 6.10 Å². The molecule has 0 atom stereocenters. The summed E-state index contributed by atoms with van der Waals surface area (Å²) in [6.07, 6.45) is 3.94. The maximum absolute atomic E-state index is 6.00. The second-order valence-electron chi connectivity index (χ2n) is 6.27. The summed E-state index contributed by atoms with van der Waals surface area (Å²) in [5.74, 6) is 0.808. The molecule has 0 saturated carbocycles. The van der Waals surface area contributed by atoms with Crippen molar-refractivity contribution >= 4 is 11.4 Å². The summed E-state index contributed by atoms with van der Waals surface area (Å²) < 4.78 is 5.80. The molecular weight excluding hydrogens is 248 g/mol.